The lowest BCUT2D eigenvalue weighted by molar-refractivity contribution is -0.110. The monoisotopic (exact) mass is 257 g/mol. The molecule has 3 nitrogen and oxygen atoms in total. The number of rotatable bonds is 7. The van der Waals surface area contributed by atoms with Crippen LogP contribution in [0.1, 0.15) is 24.1 Å². The Bertz CT molecular complexity index is 472. The molecule has 1 aromatic rings. The molecule has 3 heteroatoms. The summed E-state index contributed by atoms with van der Waals surface area (Å²) in [6.45, 7) is 5.54. The Morgan fingerprint density at radius 3 is 2.58 bits per heavy atom. The van der Waals surface area contributed by atoms with Crippen LogP contribution < -0.4 is 5.32 Å². The van der Waals surface area contributed by atoms with Gasteiger partial charge in [-0.05, 0) is 23.6 Å². The van der Waals surface area contributed by atoms with Crippen LogP contribution in [0.5, 0.6) is 0 Å². The number of hydrogen-bond donors (Lipinski definition) is 2. The van der Waals surface area contributed by atoms with Gasteiger partial charge in [0.25, 0.3) is 0 Å². The molecular weight excluding hydrogens is 238 g/mol. The molecule has 0 saturated carbocycles. The number of carbonyl (C=O) groups excluding carboxylic acids is 1. The summed E-state index contributed by atoms with van der Waals surface area (Å²) >= 11 is 0. The molecule has 0 spiro atoms. The second-order valence-corrected chi connectivity index (χ2v) is 4.00. The van der Waals surface area contributed by atoms with Crippen molar-refractivity contribution in [3.8, 4) is 0 Å². The summed E-state index contributed by atoms with van der Waals surface area (Å²) in [4.78, 5) is 10.4. The minimum Gasteiger partial charge on any atom is -0.394 e. The minimum atomic E-state index is -0.361. The Kier molecular flexibility index (Phi) is 6.33. The van der Waals surface area contributed by atoms with Crippen molar-refractivity contribution in [3.05, 3.63) is 66.3 Å². The number of carbonyl (C=O) groups is 1. The summed E-state index contributed by atoms with van der Waals surface area (Å²) in [5.74, 6) is 0. The van der Waals surface area contributed by atoms with Crippen molar-refractivity contribution >= 4 is 12.0 Å². The second kappa shape index (κ2) is 8.06. The first kappa shape index (κ1) is 14.9. The van der Waals surface area contributed by atoms with E-state index in [1.165, 1.54) is 0 Å². The summed E-state index contributed by atoms with van der Waals surface area (Å²) in [5.41, 5.74) is 2.99. The molecule has 0 fully saturated rings. The van der Waals surface area contributed by atoms with Crippen LogP contribution in [0, 0.1) is 0 Å². The van der Waals surface area contributed by atoms with Crippen LogP contribution in [-0.4, -0.2) is 18.1 Å². The highest BCUT2D eigenvalue weighted by Crippen LogP contribution is 2.19. The predicted molar refractivity (Wildman–Crippen MR) is 78.5 cm³/mol. The zero-order chi connectivity index (χ0) is 14.1. The fourth-order valence-electron chi connectivity index (χ4n) is 1.80. The summed E-state index contributed by atoms with van der Waals surface area (Å²) in [5, 5.41) is 11.8. The molecule has 1 rings (SSSR count). The van der Waals surface area contributed by atoms with E-state index in [1.54, 1.807) is 6.08 Å². The van der Waals surface area contributed by atoms with Crippen LogP contribution in [0.3, 0.4) is 0 Å². The molecule has 0 saturated heterocycles. The van der Waals surface area contributed by atoms with Gasteiger partial charge in [-0.2, -0.15) is 0 Å². The molecule has 1 amide bonds. The molecule has 0 heterocycles. The van der Waals surface area contributed by atoms with Gasteiger partial charge in [-0.1, -0.05) is 55.1 Å². The molecule has 2 N–H and O–H groups in total. The van der Waals surface area contributed by atoms with E-state index in [0.717, 1.165) is 16.7 Å². The van der Waals surface area contributed by atoms with Gasteiger partial charge in [-0.25, -0.2) is 0 Å². The highest BCUT2D eigenvalue weighted by atomic mass is 16.3. The van der Waals surface area contributed by atoms with E-state index in [9.17, 15) is 9.90 Å². The van der Waals surface area contributed by atoms with Crippen molar-refractivity contribution in [2.75, 3.05) is 6.61 Å². The maximum atomic E-state index is 10.4. The molecule has 100 valence electrons. The summed E-state index contributed by atoms with van der Waals surface area (Å²) in [6, 6.07) is 7.35. The number of nitrogens with one attached hydrogen (secondary N) is 1. The fraction of sp³-hybridized carbons (Fsp3) is 0.188. The zero-order valence-corrected chi connectivity index (χ0v) is 11.0. The summed E-state index contributed by atoms with van der Waals surface area (Å²) in [7, 11) is 0. The van der Waals surface area contributed by atoms with E-state index in [2.05, 4.69) is 11.9 Å². The lowest BCUT2D eigenvalue weighted by Crippen LogP contribution is -2.22. The molecule has 0 bridgehead atoms. The Labute approximate surface area is 114 Å². The van der Waals surface area contributed by atoms with Crippen LogP contribution in [0.15, 0.2) is 55.1 Å². The van der Waals surface area contributed by atoms with E-state index < -0.39 is 0 Å². The first-order valence-corrected chi connectivity index (χ1v) is 6.13. The number of allylic oxidation sites excluding steroid dienone is 5. The van der Waals surface area contributed by atoms with E-state index in [4.69, 9.17) is 0 Å². The molecule has 19 heavy (non-hydrogen) atoms. The smallest absolute Gasteiger partial charge is 0.207 e. The van der Waals surface area contributed by atoms with Gasteiger partial charge in [-0.3, -0.25) is 4.79 Å². The largest absolute Gasteiger partial charge is 0.394 e. The van der Waals surface area contributed by atoms with Crippen molar-refractivity contribution in [2.24, 2.45) is 0 Å². The number of aliphatic hydroxyl groups is 1. The van der Waals surface area contributed by atoms with Crippen LogP contribution in [0.25, 0.3) is 5.57 Å². The standard InChI is InChI=1S/C16H19NO2/c1-3-5-13(6-4-2)14-7-9-15(10-8-14)16(11-18)17-12-19/h3-10,12,16,18H,1,11H2,2H3,(H,17,19)/b6-4-,13-5+. The highest BCUT2D eigenvalue weighted by Gasteiger charge is 2.08. The van der Waals surface area contributed by atoms with Gasteiger partial charge in [-0.15, -0.1) is 0 Å². The molecule has 1 atom stereocenters. The van der Waals surface area contributed by atoms with E-state index in [0.29, 0.717) is 6.41 Å². The molecule has 1 unspecified atom stereocenters. The van der Waals surface area contributed by atoms with Crippen LogP contribution >= 0.6 is 0 Å². The zero-order valence-electron chi connectivity index (χ0n) is 11.0. The first-order valence-electron chi connectivity index (χ1n) is 6.13. The lowest BCUT2D eigenvalue weighted by Gasteiger charge is -2.14. The van der Waals surface area contributed by atoms with Crippen molar-refractivity contribution in [3.63, 3.8) is 0 Å². The predicted octanol–water partition coefficient (Wildman–Crippen LogP) is 2.61. The van der Waals surface area contributed by atoms with Crippen molar-refractivity contribution in [1.82, 2.24) is 5.32 Å². The minimum absolute atomic E-state index is 0.123. The quantitative estimate of drug-likeness (QED) is 0.582. The Balaban J connectivity index is 3.00. The first-order chi connectivity index (χ1) is 9.26. The fourth-order valence-corrected chi connectivity index (χ4v) is 1.80. The SMILES string of the molecule is C=C/C=C(\C=C/C)c1ccc(C(CO)NC=O)cc1. The van der Waals surface area contributed by atoms with Gasteiger partial charge in [0.1, 0.15) is 0 Å². The van der Waals surface area contributed by atoms with Gasteiger partial charge in [0.15, 0.2) is 0 Å². The van der Waals surface area contributed by atoms with Gasteiger partial charge in [0, 0.05) is 0 Å². The molecule has 0 radical (unpaired) electrons. The normalized spacial score (nSPS) is 13.3. The third kappa shape index (κ3) is 4.23. The summed E-state index contributed by atoms with van der Waals surface area (Å²) < 4.78 is 0. The molecular formula is C16H19NO2. The molecule has 1 aromatic carbocycles. The van der Waals surface area contributed by atoms with Gasteiger partial charge < -0.3 is 10.4 Å². The lowest BCUT2D eigenvalue weighted by atomic mass is 10.0. The number of aliphatic hydroxyl groups excluding tert-OH is 1. The Morgan fingerprint density at radius 1 is 1.42 bits per heavy atom. The van der Waals surface area contributed by atoms with E-state index in [1.807, 2.05) is 49.4 Å². The van der Waals surface area contributed by atoms with E-state index in [-0.39, 0.29) is 12.6 Å². The van der Waals surface area contributed by atoms with Crippen molar-refractivity contribution in [1.29, 1.82) is 0 Å². The molecule has 0 aliphatic heterocycles. The number of amides is 1. The second-order valence-electron chi connectivity index (χ2n) is 4.00. The third-order valence-electron chi connectivity index (χ3n) is 2.74. The number of benzene rings is 1. The molecule has 0 aliphatic rings. The third-order valence-corrected chi connectivity index (χ3v) is 2.74. The van der Waals surface area contributed by atoms with Gasteiger partial charge in [0.05, 0.1) is 12.6 Å². The highest BCUT2D eigenvalue weighted by molar-refractivity contribution is 5.75. The average molecular weight is 257 g/mol. The van der Waals surface area contributed by atoms with Crippen LogP contribution in [0.2, 0.25) is 0 Å². The number of hydrogen-bond acceptors (Lipinski definition) is 2. The Morgan fingerprint density at radius 2 is 2.11 bits per heavy atom. The summed E-state index contributed by atoms with van der Waals surface area (Å²) in [6.07, 6.45) is 8.24. The molecule has 0 aliphatic carbocycles. The maximum Gasteiger partial charge on any atom is 0.207 e. The maximum absolute atomic E-state index is 10.4. The topological polar surface area (TPSA) is 49.3 Å². The van der Waals surface area contributed by atoms with Crippen LogP contribution in [0.4, 0.5) is 0 Å². The molecule has 0 aromatic heterocycles. The Hall–Kier alpha value is -2.13. The van der Waals surface area contributed by atoms with Crippen molar-refractivity contribution < 1.29 is 9.90 Å². The average Bonchev–Trinajstić information content (AvgIpc) is 2.45. The van der Waals surface area contributed by atoms with Gasteiger partial charge in [0.2, 0.25) is 6.41 Å². The van der Waals surface area contributed by atoms with Gasteiger partial charge >= 0.3 is 0 Å². The van der Waals surface area contributed by atoms with Crippen LogP contribution in [-0.2, 0) is 4.79 Å². The van der Waals surface area contributed by atoms with E-state index >= 15 is 0 Å². The van der Waals surface area contributed by atoms with Crippen molar-refractivity contribution in [2.45, 2.75) is 13.0 Å².